The van der Waals surface area contributed by atoms with Gasteiger partial charge in [-0.15, -0.1) is 10.2 Å². The smallest absolute Gasteiger partial charge is 0.245 e. The largest absolute Gasteiger partial charge is 0.507 e. The summed E-state index contributed by atoms with van der Waals surface area (Å²) in [5, 5.41) is 20.0. The zero-order chi connectivity index (χ0) is 20.7. The van der Waals surface area contributed by atoms with Gasteiger partial charge < -0.3 is 19.7 Å². The summed E-state index contributed by atoms with van der Waals surface area (Å²) in [6, 6.07) is 9.12. The van der Waals surface area contributed by atoms with Crippen LogP contribution in [0.2, 0.25) is 0 Å². The van der Waals surface area contributed by atoms with Crippen molar-refractivity contribution < 1.29 is 14.6 Å². The number of amides is 1. The number of ether oxygens (including phenoxy) is 1. The second kappa shape index (κ2) is 7.57. The summed E-state index contributed by atoms with van der Waals surface area (Å²) >= 11 is 0. The van der Waals surface area contributed by atoms with Crippen molar-refractivity contribution in [2.45, 2.75) is 31.3 Å². The number of para-hydroxylation sites is 1. The highest BCUT2D eigenvalue weighted by Crippen LogP contribution is 2.41. The Morgan fingerprint density at radius 3 is 2.93 bits per heavy atom. The van der Waals surface area contributed by atoms with Crippen LogP contribution in [0.4, 0.5) is 0 Å². The van der Waals surface area contributed by atoms with Crippen LogP contribution in [0.1, 0.15) is 42.5 Å². The predicted octanol–water partition coefficient (Wildman–Crippen LogP) is 3.68. The molecule has 2 atom stereocenters. The number of aromatic hydroxyl groups is 1. The lowest BCUT2D eigenvalue weighted by Gasteiger charge is -2.17. The van der Waals surface area contributed by atoms with E-state index >= 15 is 0 Å². The number of carbonyl (C=O) groups is 1. The van der Waals surface area contributed by atoms with Crippen molar-refractivity contribution in [3.63, 3.8) is 0 Å². The minimum absolute atomic E-state index is 0.000624. The SMILES string of the molecule is C=CC(=O)N1CCC(c2[nH]c3nnc(-c4ccccc4O)cc3c2C2CCCO2)C1. The van der Waals surface area contributed by atoms with Crippen LogP contribution < -0.4 is 0 Å². The van der Waals surface area contributed by atoms with E-state index in [1.54, 1.807) is 12.1 Å². The molecule has 0 radical (unpaired) electrons. The molecule has 2 unspecified atom stereocenters. The number of phenolic OH excluding ortho intramolecular Hbond substituents is 1. The number of rotatable bonds is 4. The number of carbonyl (C=O) groups excluding carboxylic acids is 1. The van der Waals surface area contributed by atoms with E-state index in [1.807, 2.05) is 23.1 Å². The van der Waals surface area contributed by atoms with E-state index in [4.69, 9.17) is 4.74 Å². The Morgan fingerprint density at radius 2 is 2.17 bits per heavy atom. The third-order valence-electron chi connectivity index (χ3n) is 6.14. The van der Waals surface area contributed by atoms with Gasteiger partial charge in [-0.3, -0.25) is 4.79 Å². The molecule has 2 aliphatic rings. The third kappa shape index (κ3) is 3.15. The van der Waals surface area contributed by atoms with Gasteiger partial charge in [-0.1, -0.05) is 18.7 Å². The molecule has 3 aromatic rings. The Bertz CT molecular complexity index is 1120. The maximum atomic E-state index is 12.1. The van der Waals surface area contributed by atoms with Crippen molar-refractivity contribution >= 4 is 16.9 Å². The zero-order valence-electron chi connectivity index (χ0n) is 16.7. The molecule has 0 spiro atoms. The normalized spacial score (nSPS) is 21.4. The first kappa shape index (κ1) is 18.8. The fourth-order valence-electron chi connectivity index (χ4n) is 4.65. The van der Waals surface area contributed by atoms with Gasteiger partial charge in [0.1, 0.15) is 5.75 Å². The van der Waals surface area contributed by atoms with E-state index in [0.717, 1.165) is 42.5 Å². The summed E-state index contributed by atoms with van der Waals surface area (Å²) in [6.45, 7) is 5.71. The molecule has 2 saturated heterocycles. The minimum atomic E-state index is -0.0334. The molecule has 154 valence electrons. The number of likely N-dealkylation sites (tertiary alicyclic amines) is 1. The number of H-pyrrole nitrogens is 1. The predicted molar refractivity (Wildman–Crippen MR) is 113 cm³/mol. The molecular weight excluding hydrogens is 380 g/mol. The number of aromatic amines is 1. The second-order valence-electron chi connectivity index (χ2n) is 7.94. The molecule has 4 heterocycles. The van der Waals surface area contributed by atoms with Crippen LogP contribution in [-0.2, 0) is 9.53 Å². The fraction of sp³-hybridized carbons (Fsp3) is 0.348. The van der Waals surface area contributed by atoms with E-state index in [0.29, 0.717) is 30.0 Å². The Morgan fingerprint density at radius 1 is 1.30 bits per heavy atom. The molecule has 2 N–H and O–H groups in total. The molecule has 2 aromatic heterocycles. The first-order valence-electron chi connectivity index (χ1n) is 10.4. The van der Waals surface area contributed by atoms with Crippen LogP contribution in [0, 0.1) is 0 Å². The molecule has 0 saturated carbocycles. The lowest BCUT2D eigenvalue weighted by atomic mass is 9.95. The Labute approximate surface area is 174 Å². The molecular formula is C23H24N4O3. The Balaban J connectivity index is 1.61. The molecule has 30 heavy (non-hydrogen) atoms. The van der Waals surface area contributed by atoms with Crippen molar-refractivity contribution in [2.75, 3.05) is 19.7 Å². The lowest BCUT2D eigenvalue weighted by Crippen LogP contribution is -2.26. The highest BCUT2D eigenvalue weighted by molar-refractivity contribution is 5.88. The van der Waals surface area contributed by atoms with Gasteiger partial charge in [0, 0.05) is 47.8 Å². The van der Waals surface area contributed by atoms with E-state index in [2.05, 4.69) is 21.8 Å². The number of nitrogens with zero attached hydrogens (tertiary/aromatic N) is 3. The maximum absolute atomic E-state index is 12.1. The maximum Gasteiger partial charge on any atom is 0.245 e. The molecule has 7 nitrogen and oxygen atoms in total. The number of nitrogens with one attached hydrogen (secondary N) is 1. The average Bonchev–Trinajstić information content (AvgIpc) is 3.51. The van der Waals surface area contributed by atoms with Crippen LogP contribution in [0.5, 0.6) is 5.75 Å². The van der Waals surface area contributed by atoms with Crippen LogP contribution in [0.25, 0.3) is 22.3 Å². The van der Waals surface area contributed by atoms with Gasteiger partial charge in [0.2, 0.25) is 5.91 Å². The van der Waals surface area contributed by atoms with Gasteiger partial charge >= 0.3 is 0 Å². The number of hydrogen-bond acceptors (Lipinski definition) is 5. The average molecular weight is 404 g/mol. The molecule has 2 fully saturated rings. The Kier molecular flexibility index (Phi) is 4.75. The van der Waals surface area contributed by atoms with E-state index in [-0.39, 0.29) is 23.7 Å². The first-order valence-corrected chi connectivity index (χ1v) is 10.4. The van der Waals surface area contributed by atoms with Gasteiger partial charge in [0.25, 0.3) is 0 Å². The topological polar surface area (TPSA) is 91.3 Å². The quantitative estimate of drug-likeness (QED) is 0.647. The van der Waals surface area contributed by atoms with Crippen LogP contribution >= 0.6 is 0 Å². The van der Waals surface area contributed by atoms with E-state index < -0.39 is 0 Å². The first-order chi connectivity index (χ1) is 14.7. The third-order valence-corrected chi connectivity index (χ3v) is 6.14. The number of fused-ring (bicyclic) bond motifs is 1. The van der Waals surface area contributed by atoms with Crippen LogP contribution in [0.3, 0.4) is 0 Å². The number of phenols is 1. The highest BCUT2D eigenvalue weighted by atomic mass is 16.5. The molecule has 2 aliphatic heterocycles. The summed E-state index contributed by atoms with van der Waals surface area (Å²) in [4.78, 5) is 17.4. The molecule has 1 amide bonds. The van der Waals surface area contributed by atoms with Crippen molar-refractivity contribution in [3.05, 3.63) is 54.2 Å². The van der Waals surface area contributed by atoms with Gasteiger partial charge in [-0.2, -0.15) is 0 Å². The number of hydrogen-bond donors (Lipinski definition) is 2. The Hall–Kier alpha value is -3.19. The molecule has 5 rings (SSSR count). The molecule has 7 heteroatoms. The van der Waals surface area contributed by atoms with Crippen molar-refractivity contribution in [2.24, 2.45) is 0 Å². The zero-order valence-corrected chi connectivity index (χ0v) is 16.7. The summed E-state index contributed by atoms with van der Waals surface area (Å²) in [7, 11) is 0. The second-order valence-corrected chi connectivity index (χ2v) is 7.94. The molecule has 0 bridgehead atoms. The molecule has 1 aromatic carbocycles. The number of aromatic nitrogens is 3. The summed E-state index contributed by atoms with van der Waals surface area (Å²) < 4.78 is 6.06. The summed E-state index contributed by atoms with van der Waals surface area (Å²) in [5.41, 5.74) is 4.19. The van der Waals surface area contributed by atoms with Crippen LogP contribution in [-0.4, -0.2) is 50.8 Å². The fourth-order valence-corrected chi connectivity index (χ4v) is 4.65. The summed E-state index contributed by atoms with van der Waals surface area (Å²) in [5.74, 6) is 0.333. The van der Waals surface area contributed by atoms with E-state index in [1.165, 1.54) is 6.08 Å². The van der Waals surface area contributed by atoms with Crippen molar-refractivity contribution in [1.82, 2.24) is 20.1 Å². The lowest BCUT2D eigenvalue weighted by molar-refractivity contribution is -0.125. The van der Waals surface area contributed by atoms with Gasteiger partial charge in [-0.25, -0.2) is 0 Å². The molecule has 0 aliphatic carbocycles. The van der Waals surface area contributed by atoms with Gasteiger partial charge in [0.05, 0.1) is 11.8 Å². The van der Waals surface area contributed by atoms with Gasteiger partial charge in [0.15, 0.2) is 5.65 Å². The summed E-state index contributed by atoms with van der Waals surface area (Å²) in [6.07, 6.45) is 4.23. The minimum Gasteiger partial charge on any atom is -0.507 e. The standard InChI is InChI=1S/C23H24N4O3/c1-2-20(29)27-10-9-14(13-27)22-21(19-8-5-11-30-19)16-12-17(25-26-23(16)24-22)15-6-3-4-7-18(15)28/h2-4,6-7,12,14,19,28H,1,5,8-11,13H2,(H,24,26). The van der Waals surface area contributed by atoms with Crippen LogP contribution in [0.15, 0.2) is 43.0 Å². The monoisotopic (exact) mass is 404 g/mol. The van der Waals surface area contributed by atoms with E-state index in [9.17, 15) is 9.90 Å². The van der Waals surface area contributed by atoms with Gasteiger partial charge in [-0.05, 0) is 43.5 Å². The van der Waals surface area contributed by atoms with Crippen molar-refractivity contribution in [1.29, 1.82) is 0 Å². The van der Waals surface area contributed by atoms with Crippen molar-refractivity contribution in [3.8, 4) is 17.0 Å². The number of benzene rings is 1. The highest BCUT2D eigenvalue weighted by Gasteiger charge is 2.33.